The summed E-state index contributed by atoms with van der Waals surface area (Å²) in [6.07, 6.45) is -0.423. The van der Waals surface area contributed by atoms with Gasteiger partial charge < -0.3 is 15.4 Å². The van der Waals surface area contributed by atoms with Gasteiger partial charge in [0.25, 0.3) is 0 Å². The lowest BCUT2D eigenvalue weighted by Gasteiger charge is -2.33. The summed E-state index contributed by atoms with van der Waals surface area (Å²) in [4.78, 5) is 25.1. The average molecular weight is 417 g/mol. The van der Waals surface area contributed by atoms with E-state index >= 15 is 0 Å². The SMILES string of the molecule is CC(C)[C@@H](NC(=O)C1CC(=O)NC(c2ccccc2)N1)c1ccc(OC(F)F)cc1. The quantitative estimate of drug-likeness (QED) is 0.646. The van der Waals surface area contributed by atoms with Crippen LogP contribution >= 0.6 is 0 Å². The molecular weight excluding hydrogens is 392 g/mol. The zero-order valence-electron chi connectivity index (χ0n) is 16.8. The molecule has 1 saturated heterocycles. The molecule has 0 bridgehead atoms. The van der Waals surface area contributed by atoms with E-state index < -0.39 is 18.8 Å². The van der Waals surface area contributed by atoms with Crippen LogP contribution in [0.4, 0.5) is 8.78 Å². The maximum absolute atomic E-state index is 12.9. The molecule has 160 valence electrons. The van der Waals surface area contributed by atoms with Crippen molar-refractivity contribution in [3.8, 4) is 5.75 Å². The lowest BCUT2D eigenvalue weighted by atomic mass is 9.95. The minimum absolute atomic E-state index is 0.0289. The van der Waals surface area contributed by atoms with Gasteiger partial charge in [-0.3, -0.25) is 14.9 Å². The number of alkyl halides is 2. The van der Waals surface area contributed by atoms with Crippen LogP contribution in [0.1, 0.15) is 43.6 Å². The molecule has 3 atom stereocenters. The summed E-state index contributed by atoms with van der Waals surface area (Å²) in [6, 6.07) is 14.5. The van der Waals surface area contributed by atoms with Crippen LogP contribution in [0.2, 0.25) is 0 Å². The van der Waals surface area contributed by atoms with Gasteiger partial charge in [0, 0.05) is 0 Å². The molecule has 2 unspecified atom stereocenters. The van der Waals surface area contributed by atoms with E-state index in [-0.39, 0.29) is 35.9 Å². The van der Waals surface area contributed by atoms with Crippen molar-refractivity contribution in [1.82, 2.24) is 16.0 Å². The van der Waals surface area contributed by atoms with Gasteiger partial charge in [-0.1, -0.05) is 56.3 Å². The number of hydrogen-bond acceptors (Lipinski definition) is 4. The second-order valence-corrected chi connectivity index (χ2v) is 7.51. The highest BCUT2D eigenvalue weighted by atomic mass is 19.3. The van der Waals surface area contributed by atoms with Crippen LogP contribution in [-0.2, 0) is 9.59 Å². The van der Waals surface area contributed by atoms with Crippen molar-refractivity contribution >= 4 is 11.8 Å². The smallest absolute Gasteiger partial charge is 0.387 e. The number of carbonyl (C=O) groups excluding carboxylic acids is 2. The van der Waals surface area contributed by atoms with Crippen molar-refractivity contribution in [2.75, 3.05) is 0 Å². The first-order chi connectivity index (χ1) is 14.3. The van der Waals surface area contributed by atoms with Crippen LogP contribution in [-0.4, -0.2) is 24.5 Å². The third kappa shape index (κ3) is 5.54. The second-order valence-electron chi connectivity index (χ2n) is 7.51. The molecule has 1 aliphatic rings. The standard InChI is InChI=1S/C22H25F2N3O3/c1-13(2)19(14-8-10-16(11-9-14)30-22(23)24)27-21(29)17-12-18(28)26-20(25-17)15-6-4-3-5-7-15/h3-11,13,17,19-20,22,25H,12H2,1-2H3,(H,26,28)(H,27,29)/t17?,19-,20?/m1/s1. The summed E-state index contributed by atoms with van der Waals surface area (Å²) in [6.45, 7) is 1.00. The molecular formula is C22H25F2N3O3. The molecule has 0 aromatic heterocycles. The molecule has 1 aliphatic heterocycles. The molecule has 6 nitrogen and oxygen atoms in total. The lowest BCUT2D eigenvalue weighted by Crippen LogP contribution is -2.56. The van der Waals surface area contributed by atoms with E-state index in [9.17, 15) is 18.4 Å². The second kappa shape index (κ2) is 9.67. The summed E-state index contributed by atoms with van der Waals surface area (Å²) >= 11 is 0. The molecule has 30 heavy (non-hydrogen) atoms. The molecule has 0 saturated carbocycles. The summed E-state index contributed by atoms with van der Waals surface area (Å²) < 4.78 is 29.1. The van der Waals surface area contributed by atoms with Crippen LogP contribution in [0, 0.1) is 5.92 Å². The number of benzene rings is 2. The molecule has 0 radical (unpaired) electrons. The Balaban J connectivity index is 1.70. The monoisotopic (exact) mass is 417 g/mol. The average Bonchev–Trinajstić information content (AvgIpc) is 2.72. The van der Waals surface area contributed by atoms with Gasteiger partial charge in [0.15, 0.2) is 0 Å². The largest absolute Gasteiger partial charge is 0.435 e. The third-order valence-electron chi connectivity index (χ3n) is 4.94. The maximum Gasteiger partial charge on any atom is 0.387 e. The van der Waals surface area contributed by atoms with Gasteiger partial charge in [0.2, 0.25) is 11.8 Å². The van der Waals surface area contributed by atoms with Crippen LogP contribution in [0.15, 0.2) is 54.6 Å². The zero-order chi connectivity index (χ0) is 21.7. The summed E-state index contributed by atoms with van der Waals surface area (Å²) in [5.74, 6) is -0.410. The van der Waals surface area contributed by atoms with Crippen molar-refractivity contribution < 1.29 is 23.1 Å². The summed E-state index contributed by atoms with van der Waals surface area (Å²) in [5, 5.41) is 9.01. The van der Waals surface area contributed by atoms with E-state index in [4.69, 9.17) is 0 Å². The van der Waals surface area contributed by atoms with E-state index in [1.54, 1.807) is 12.1 Å². The fraction of sp³-hybridized carbons (Fsp3) is 0.364. The fourth-order valence-corrected chi connectivity index (χ4v) is 3.45. The van der Waals surface area contributed by atoms with Gasteiger partial charge in [-0.25, -0.2) is 0 Å². The number of rotatable bonds is 7. The van der Waals surface area contributed by atoms with Crippen molar-refractivity contribution in [2.24, 2.45) is 5.92 Å². The lowest BCUT2D eigenvalue weighted by molar-refractivity contribution is -0.132. The van der Waals surface area contributed by atoms with Gasteiger partial charge >= 0.3 is 6.61 Å². The van der Waals surface area contributed by atoms with E-state index in [0.29, 0.717) is 0 Å². The van der Waals surface area contributed by atoms with Crippen molar-refractivity contribution in [1.29, 1.82) is 0 Å². The molecule has 2 amide bonds. The highest BCUT2D eigenvalue weighted by molar-refractivity contribution is 5.90. The maximum atomic E-state index is 12.9. The first-order valence-corrected chi connectivity index (χ1v) is 9.79. The molecule has 3 rings (SSSR count). The van der Waals surface area contributed by atoms with Crippen molar-refractivity contribution in [3.05, 3.63) is 65.7 Å². The Hall–Kier alpha value is -3.00. The van der Waals surface area contributed by atoms with Gasteiger partial charge in [0.1, 0.15) is 11.9 Å². The first kappa shape index (κ1) is 21.7. The molecule has 0 aliphatic carbocycles. The van der Waals surface area contributed by atoms with E-state index in [0.717, 1.165) is 11.1 Å². The Labute approximate surface area is 174 Å². The third-order valence-corrected chi connectivity index (χ3v) is 4.94. The fourth-order valence-electron chi connectivity index (χ4n) is 3.45. The molecule has 3 N–H and O–H groups in total. The molecule has 0 spiro atoms. The topological polar surface area (TPSA) is 79.5 Å². The molecule has 2 aromatic rings. The van der Waals surface area contributed by atoms with E-state index in [1.165, 1.54) is 12.1 Å². The minimum atomic E-state index is -2.89. The number of carbonyl (C=O) groups is 2. The zero-order valence-corrected chi connectivity index (χ0v) is 16.8. The van der Waals surface area contributed by atoms with Gasteiger partial charge in [0.05, 0.1) is 18.5 Å². The number of amides is 2. The van der Waals surface area contributed by atoms with Gasteiger partial charge in [-0.05, 0) is 29.2 Å². The van der Waals surface area contributed by atoms with Gasteiger partial charge in [-0.15, -0.1) is 0 Å². The van der Waals surface area contributed by atoms with Crippen molar-refractivity contribution in [3.63, 3.8) is 0 Å². The highest BCUT2D eigenvalue weighted by Crippen LogP contribution is 2.25. The summed E-state index contributed by atoms with van der Waals surface area (Å²) in [5.41, 5.74) is 1.62. The van der Waals surface area contributed by atoms with Crippen molar-refractivity contribution in [2.45, 2.75) is 45.1 Å². The van der Waals surface area contributed by atoms with Crippen LogP contribution < -0.4 is 20.7 Å². The predicted molar refractivity (Wildman–Crippen MR) is 108 cm³/mol. The Bertz CT molecular complexity index is 860. The Morgan fingerprint density at radius 1 is 1.10 bits per heavy atom. The number of nitrogens with one attached hydrogen (secondary N) is 3. The molecule has 2 aromatic carbocycles. The van der Waals surface area contributed by atoms with Crippen LogP contribution in [0.25, 0.3) is 0 Å². The van der Waals surface area contributed by atoms with Gasteiger partial charge in [-0.2, -0.15) is 8.78 Å². The molecule has 1 heterocycles. The minimum Gasteiger partial charge on any atom is -0.435 e. The first-order valence-electron chi connectivity index (χ1n) is 9.79. The normalized spacial score (nSPS) is 20.0. The van der Waals surface area contributed by atoms with Crippen LogP contribution in [0.5, 0.6) is 5.75 Å². The highest BCUT2D eigenvalue weighted by Gasteiger charge is 2.32. The number of hydrogen-bond donors (Lipinski definition) is 3. The predicted octanol–water partition coefficient (Wildman–Crippen LogP) is 3.28. The Kier molecular flexibility index (Phi) is 6.99. The number of ether oxygens (including phenoxy) is 1. The summed E-state index contributed by atoms with van der Waals surface area (Å²) in [7, 11) is 0. The number of halogens is 2. The van der Waals surface area contributed by atoms with E-state index in [2.05, 4.69) is 20.7 Å². The Morgan fingerprint density at radius 3 is 2.37 bits per heavy atom. The Morgan fingerprint density at radius 2 is 1.77 bits per heavy atom. The molecule has 1 fully saturated rings. The van der Waals surface area contributed by atoms with Crippen LogP contribution in [0.3, 0.4) is 0 Å². The van der Waals surface area contributed by atoms with E-state index in [1.807, 2.05) is 44.2 Å². The molecule has 8 heteroatoms.